The van der Waals surface area contributed by atoms with Gasteiger partial charge in [0.05, 0.1) is 18.2 Å². The Balaban J connectivity index is 1.57. The second-order valence-electron chi connectivity index (χ2n) is 7.02. The number of fused-ring (bicyclic) bond motifs is 1. The summed E-state index contributed by atoms with van der Waals surface area (Å²) in [6.07, 6.45) is 3.37. The summed E-state index contributed by atoms with van der Waals surface area (Å²) in [4.78, 5) is 15.7. The molecule has 0 bridgehead atoms. The molecular formula is C23H25NO4. The van der Waals surface area contributed by atoms with Gasteiger partial charge in [-0.15, -0.1) is 0 Å². The Morgan fingerprint density at radius 1 is 1.04 bits per heavy atom. The van der Waals surface area contributed by atoms with Gasteiger partial charge < -0.3 is 19.2 Å². The molecule has 1 aromatic heterocycles. The predicted molar refractivity (Wildman–Crippen MR) is 110 cm³/mol. The van der Waals surface area contributed by atoms with Crippen molar-refractivity contribution in [1.29, 1.82) is 0 Å². The number of nitrogens with one attached hydrogen (secondary N) is 1. The summed E-state index contributed by atoms with van der Waals surface area (Å²) in [6.45, 7) is 3.85. The van der Waals surface area contributed by atoms with Crippen LogP contribution in [0.1, 0.15) is 26.2 Å². The van der Waals surface area contributed by atoms with Gasteiger partial charge in [-0.1, -0.05) is 18.2 Å². The second kappa shape index (κ2) is 8.48. The molecule has 1 N–H and O–H groups in total. The Labute approximate surface area is 164 Å². The molecule has 28 heavy (non-hydrogen) atoms. The van der Waals surface area contributed by atoms with Gasteiger partial charge >= 0.3 is 0 Å². The zero-order valence-electron chi connectivity index (χ0n) is 16.1. The molecule has 0 spiro atoms. The first-order valence-electron chi connectivity index (χ1n) is 9.87. The van der Waals surface area contributed by atoms with Crippen LogP contribution in [0.3, 0.4) is 0 Å². The van der Waals surface area contributed by atoms with Gasteiger partial charge in [0.1, 0.15) is 12.4 Å². The standard InChI is InChI=1S/C23H25NO4/c1-2-26-18-9-6-16(7-10-18)17-8-11-20-21(13-17)24-23(14-22(20)25)28-15-19-5-3-4-12-27-19/h6-11,13-14,19H,2-5,12,15H2,1H3,(H,24,25). The number of hydrogen-bond acceptors (Lipinski definition) is 4. The molecule has 2 heterocycles. The van der Waals surface area contributed by atoms with Gasteiger partial charge in [0, 0.05) is 18.1 Å². The number of aromatic amines is 1. The van der Waals surface area contributed by atoms with Crippen molar-refractivity contribution in [2.75, 3.05) is 19.8 Å². The van der Waals surface area contributed by atoms with Crippen LogP contribution in [0.5, 0.6) is 11.6 Å². The van der Waals surface area contributed by atoms with Crippen LogP contribution < -0.4 is 14.9 Å². The summed E-state index contributed by atoms with van der Waals surface area (Å²) < 4.78 is 17.0. The smallest absolute Gasteiger partial charge is 0.195 e. The summed E-state index contributed by atoms with van der Waals surface area (Å²) in [5.41, 5.74) is 2.80. The average Bonchev–Trinajstić information content (AvgIpc) is 2.73. The SMILES string of the molecule is CCOc1ccc(-c2ccc3c(=O)cc(OCC4CCCCO4)[nH]c3c2)cc1. The maximum Gasteiger partial charge on any atom is 0.195 e. The molecule has 1 fully saturated rings. The topological polar surface area (TPSA) is 60.6 Å². The van der Waals surface area contributed by atoms with Crippen molar-refractivity contribution in [2.45, 2.75) is 32.3 Å². The first-order chi connectivity index (χ1) is 13.7. The third-order valence-corrected chi connectivity index (χ3v) is 5.00. The molecule has 0 radical (unpaired) electrons. The Morgan fingerprint density at radius 3 is 2.61 bits per heavy atom. The highest BCUT2D eigenvalue weighted by Crippen LogP contribution is 2.25. The highest BCUT2D eigenvalue weighted by Gasteiger charge is 2.15. The number of pyridine rings is 1. The average molecular weight is 379 g/mol. The first kappa shape index (κ1) is 18.6. The maximum atomic E-state index is 12.5. The molecule has 1 aliphatic heterocycles. The number of ether oxygens (including phenoxy) is 3. The highest BCUT2D eigenvalue weighted by molar-refractivity contribution is 5.84. The Morgan fingerprint density at radius 2 is 1.86 bits per heavy atom. The number of H-pyrrole nitrogens is 1. The normalized spacial score (nSPS) is 16.8. The molecule has 0 aliphatic carbocycles. The second-order valence-corrected chi connectivity index (χ2v) is 7.02. The van der Waals surface area contributed by atoms with Crippen LogP contribution >= 0.6 is 0 Å². The predicted octanol–water partition coefficient (Wildman–Crippen LogP) is 4.54. The molecule has 2 aromatic carbocycles. The minimum absolute atomic E-state index is 0.0495. The molecule has 1 atom stereocenters. The number of aromatic nitrogens is 1. The lowest BCUT2D eigenvalue weighted by molar-refractivity contribution is -0.0119. The van der Waals surface area contributed by atoms with Crippen molar-refractivity contribution < 1.29 is 14.2 Å². The third kappa shape index (κ3) is 4.20. The van der Waals surface area contributed by atoms with E-state index in [1.807, 2.05) is 49.4 Å². The number of rotatable bonds is 6. The minimum Gasteiger partial charge on any atom is -0.494 e. The highest BCUT2D eigenvalue weighted by atomic mass is 16.5. The van der Waals surface area contributed by atoms with E-state index in [4.69, 9.17) is 14.2 Å². The van der Waals surface area contributed by atoms with E-state index in [-0.39, 0.29) is 11.5 Å². The van der Waals surface area contributed by atoms with Gasteiger partial charge in [-0.3, -0.25) is 4.79 Å². The van der Waals surface area contributed by atoms with E-state index in [1.54, 1.807) is 0 Å². The molecular weight excluding hydrogens is 354 g/mol. The summed E-state index contributed by atoms with van der Waals surface area (Å²) in [6, 6.07) is 15.3. The molecule has 1 unspecified atom stereocenters. The van der Waals surface area contributed by atoms with E-state index in [2.05, 4.69) is 4.98 Å². The zero-order chi connectivity index (χ0) is 19.3. The number of hydrogen-bond donors (Lipinski definition) is 1. The van der Waals surface area contributed by atoms with E-state index >= 15 is 0 Å². The summed E-state index contributed by atoms with van der Waals surface area (Å²) in [5, 5.41) is 0.649. The van der Waals surface area contributed by atoms with Crippen LogP contribution in [-0.2, 0) is 4.74 Å². The minimum atomic E-state index is -0.0495. The Bertz CT molecular complexity index is 988. The van der Waals surface area contributed by atoms with Crippen LogP contribution in [-0.4, -0.2) is 30.9 Å². The largest absolute Gasteiger partial charge is 0.494 e. The fourth-order valence-corrected chi connectivity index (χ4v) is 3.52. The molecule has 3 aromatic rings. The van der Waals surface area contributed by atoms with Crippen LogP contribution in [0.15, 0.2) is 53.3 Å². The van der Waals surface area contributed by atoms with Gasteiger partial charge in [0.2, 0.25) is 0 Å². The zero-order valence-corrected chi connectivity index (χ0v) is 16.1. The lowest BCUT2D eigenvalue weighted by Gasteiger charge is -2.22. The van der Waals surface area contributed by atoms with Crippen molar-refractivity contribution in [3.05, 3.63) is 58.8 Å². The summed E-state index contributed by atoms with van der Waals surface area (Å²) in [7, 11) is 0. The van der Waals surface area contributed by atoms with Crippen molar-refractivity contribution in [1.82, 2.24) is 4.98 Å². The summed E-state index contributed by atoms with van der Waals surface area (Å²) >= 11 is 0. The lowest BCUT2D eigenvalue weighted by atomic mass is 10.0. The fraction of sp³-hybridized carbons (Fsp3) is 0.348. The van der Waals surface area contributed by atoms with Crippen LogP contribution in [0.2, 0.25) is 0 Å². The van der Waals surface area contributed by atoms with E-state index in [0.29, 0.717) is 24.5 Å². The van der Waals surface area contributed by atoms with Gasteiger partial charge in [-0.25, -0.2) is 0 Å². The monoisotopic (exact) mass is 379 g/mol. The van der Waals surface area contributed by atoms with Crippen molar-refractivity contribution in [3.63, 3.8) is 0 Å². The van der Waals surface area contributed by atoms with E-state index < -0.39 is 0 Å². The van der Waals surface area contributed by atoms with Crippen molar-refractivity contribution >= 4 is 10.9 Å². The molecule has 0 amide bonds. The first-order valence-corrected chi connectivity index (χ1v) is 9.87. The lowest BCUT2D eigenvalue weighted by Crippen LogP contribution is -2.26. The Kier molecular flexibility index (Phi) is 5.63. The van der Waals surface area contributed by atoms with Crippen molar-refractivity contribution in [2.24, 2.45) is 0 Å². The van der Waals surface area contributed by atoms with Crippen LogP contribution in [0.25, 0.3) is 22.0 Å². The molecule has 0 saturated carbocycles. The van der Waals surface area contributed by atoms with Crippen LogP contribution in [0.4, 0.5) is 0 Å². The van der Waals surface area contributed by atoms with Gasteiger partial charge in [0.15, 0.2) is 11.3 Å². The van der Waals surface area contributed by atoms with Gasteiger partial charge in [0.25, 0.3) is 0 Å². The van der Waals surface area contributed by atoms with E-state index in [9.17, 15) is 4.79 Å². The third-order valence-electron chi connectivity index (χ3n) is 5.00. The van der Waals surface area contributed by atoms with Gasteiger partial charge in [-0.2, -0.15) is 0 Å². The number of benzene rings is 2. The van der Waals surface area contributed by atoms with Crippen molar-refractivity contribution in [3.8, 4) is 22.8 Å². The fourth-order valence-electron chi connectivity index (χ4n) is 3.52. The maximum absolute atomic E-state index is 12.5. The van der Waals surface area contributed by atoms with Crippen LogP contribution in [0, 0.1) is 0 Å². The van der Waals surface area contributed by atoms with E-state index in [1.165, 1.54) is 6.07 Å². The molecule has 1 saturated heterocycles. The van der Waals surface area contributed by atoms with Gasteiger partial charge in [-0.05, 0) is 61.6 Å². The molecule has 1 aliphatic rings. The molecule has 5 nitrogen and oxygen atoms in total. The molecule has 5 heteroatoms. The summed E-state index contributed by atoms with van der Waals surface area (Å²) in [5.74, 6) is 1.33. The van der Waals surface area contributed by atoms with E-state index in [0.717, 1.165) is 48.3 Å². The Hall–Kier alpha value is -2.79. The molecule has 146 valence electrons. The molecule has 4 rings (SSSR count). The quantitative estimate of drug-likeness (QED) is 0.683.